The van der Waals surface area contributed by atoms with Gasteiger partial charge in [-0.3, -0.25) is 4.79 Å². The molecule has 0 saturated carbocycles. The van der Waals surface area contributed by atoms with Crippen molar-refractivity contribution in [3.63, 3.8) is 0 Å². The molecule has 0 fully saturated rings. The van der Waals surface area contributed by atoms with Gasteiger partial charge in [-0.2, -0.15) is 0 Å². The number of carbonyl (C=O) groups excluding carboxylic acids is 2. The van der Waals surface area contributed by atoms with Gasteiger partial charge in [0, 0.05) is 21.5 Å². The minimum absolute atomic E-state index is 0.292. The average molecular weight is 327 g/mol. The van der Waals surface area contributed by atoms with Gasteiger partial charge in [0.05, 0.1) is 23.4 Å². The first-order valence-electron chi connectivity index (χ1n) is 7.41. The van der Waals surface area contributed by atoms with Crippen molar-refractivity contribution in [2.45, 2.75) is 20.8 Å². The Morgan fingerprint density at radius 1 is 1.35 bits per heavy atom. The molecule has 3 aromatic heterocycles. The monoisotopic (exact) mass is 327 g/mol. The van der Waals surface area contributed by atoms with E-state index in [4.69, 9.17) is 4.74 Å². The molecule has 0 spiro atoms. The number of ether oxygens (including phenoxy) is 1. The number of rotatable bonds is 4. The maximum absolute atomic E-state index is 12.6. The van der Waals surface area contributed by atoms with Crippen LogP contribution in [0.1, 0.15) is 37.5 Å². The van der Waals surface area contributed by atoms with Crippen LogP contribution < -0.4 is 0 Å². The van der Waals surface area contributed by atoms with Crippen LogP contribution >= 0.6 is 11.3 Å². The SMILES string of the molecule is CCOC(=O)c1c(-c2cc(C)sc2C)c(C=O)n2ccccc12. The quantitative estimate of drug-likeness (QED) is 0.531. The van der Waals surface area contributed by atoms with Crippen molar-refractivity contribution in [3.05, 3.63) is 51.5 Å². The van der Waals surface area contributed by atoms with E-state index in [1.165, 1.54) is 0 Å². The van der Waals surface area contributed by atoms with Gasteiger partial charge in [0.25, 0.3) is 0 Å². The van der Waals surface area contributed by atoms with E-state index in [1.807, 2.05) is 38.1 Å². The molecule has 0 aliphatic carbocycles. The molecule has 0 aliphatic heterocycles. The van der Waals surface area contributed by atoms with Gasteiger partial charge in [-0.15, -0.1) is 11.3 Å². The Kier molecular flexibility index (Phi) is 4.05. The fourth-order valence-electron chi connectivity index (χ4n) is 2.91. The summed E-state index contributed by atoms with van der Waals surface area (Å²) in [6.45, 7) is 6.08. The van der Waals surface area contributed by atoms with Gasteiger partial charge in [0.2, 0.25) is 0 Å². The number of hydrogen-bond donors (Lipinski definition) is 0. The molecular weight excluding hydrogens is 310 g/mol. The molecule has 0 unspecified atom stereocenters. The van der Waals surface area contributed by atoms with E-state index in [9.17, 15) is 9.59 Å². The van der Waals surface area contributed by atoms with Gasteiger partial charge in [0.1, 0.15) is 0 Å². The van der Waals surface area contributed by atoms with Crippen molar-refractivity contribution in [1.29, 1.82) is 0 Å². The highest BCUT2D eigenvalue weighted by Gasteiger charge is 2.26. The zero-order chi connectivity index (χ0) is 16.6. The number of esters is 1. The third-order valence-corrected chi connectivity index (χ3v) is 4.75. The summed E-state index contributed by atoms with van der Waals surface area (Å²) in [7, 11) is 0. The summed E-state index contributed by atoms with van der Waals surface area (Å²) < 4.78 is 6.99. The lowest BCUT2D eigenvalue weighted by Crippen LogP contribution is -2.05. The second-order valence-electron chi connectivity index (χ2n) is 5.26. The fraction of sp³-hybridized carbons (Fsp3) is 0.222. The number of aryl methyl sites for hydroxylation is 2. The van der Waals surface area contributed by atoms with Crippen LogP contribution in [-0.4, -0.2) is 23.3 Å². The number of pyridine rings is 1. The van der Waals surface area contributed by atoms with Crippen molar-refractivity contribution in [2.75, 3.05) is 6.61 Å². The third-order valence-electron chi connectivity index (χ3n) is 3.78. The van der Waals surface area contributed by atoms with Crippen LogP contribution in [0.3, 0.4) is 0 Å². The molecule has 4 nitrogen and oxygen atoms in total. The first kappa shape index (κ1) is 15.5. The molecule has 0 saturated heterocycles. The first-order chi connectivity index (χ1) is 11.1. The molecular formula is C18H17NO3S. The Morgan fingerprint density at radius 3 is 2.74 bits per heavy atom. The molecule has 0 N–H and O–H groups in total. The predicted octanol–water partition coefficient (Wildman–Crippen LogP) is 4.27. The maximum atomic E-state index is 12.6. The van der Waals surface area contributed by atoms with Crippen LogP contribution in [0, 0.1) is 13.8 Å². The van der Waals surface area contributed by atoms with E-state index in [1.54, 1.807) is 28.9 Å². The predicted molar refractivity (Wildman–Crippen MR) is 91.5 cm³/mol. The third kappa shape index (κ3) is 2.47. The number of aromatic nitrogens is 1. The minimum atomic E-state index is -0.400. The number of fused-ring (bicyclic) bond motifs is 1. The highest BCUT2D eigenvalue weighted by molar-refractivity contribution is 7.12. The van der Waals surface area contributed by atoms with Gasteiger partial charge in [-0.25, -0.2) is 4.79 Å². The van der Waals surface area contributed by atoms with E-state index in [0.717, 1.165) is 21.6 Å². The van der Waals surface area contributed by atoms with Crippen molar-refractivity contribution in [2.24, 2.45) is 0 Å². The van der Waals surface area contributed by atoms with E-state index in [-0.39, 0.29) is 0 Å². The van der Waals surface area contributed by atoms with E-state index in [0.29, 0.717) is 28.9 Å². The molecule has 0 bridgehead atoms. The van der Waals surface area contributed by atoms with Gasteiger partial charge >= 0.3 is 5.97 Å². The lowest BCUT2D eigenvalue weighted by molar-refractivity contribution is 0.0529. The van der Waals surface area contributed by atoms with Crippen LogP contribution in [0.15, 0.2) is 30.5 Å². The van der Waals surface area contributed by atoms with E-state index >= 15 is 0 Å². The van der Waals surface area contributed by atoms with Gasteiger partial charge in [-0.1, -0.05) is 6.07 Å². The van der Waals surface area contributed by atoms with E-state index < -0.39 is 5.97 Å². The second kappa shape index (κ2) is 6.01. The molecule has 3 rings (SSSR count). The Hall–Kier alpha value is -2.40. The van der Waals surface area contributed by atoms with Crippen LogP contribution in [0.5, 0.6) is 0 Å². The summed E-state index contributed by atoms with van der Waals surface area (Å²) >= 11 is 1.65. The number of carbonyl (C=O) groups is 2. The topological polar surface area (TPSA) is 47.8 Å². The fourth-order valence-corrected chi connectivity index (χ4v) is 3.84. The smallest absolute Gasteiger partial charge is 0.340 e. The van der Waals surface area contributed by atoms with Crippen molar-refractivity contribution in [3.8, 4) is 11.1 Å². The van der Waals surface area contributed by atoms with Crippen LogP contribution in [0.2, 0.25) is 0 Å². The summed E-state index contributed by atoms with van der Waals surface area (Å²) in [6.07, 6.45) is 2.59. The van der Waals surface area contributed by atoms with Gasteiger partial charge in [0.15, 0.2) is 6.29 Å². The zero-order valence-corrected chi connectivity index (χ0v) is 14.1. The van der Waals surface area contributed by atoms with Crippen LogP contribution in [0.4, 0.5) is 0 Å². The molecule has 5 heteroatoms. The standard InChI is InChI=1S/C18H17NO3S/c1-4-22-18(21)17-14-7-5-6-8-19(14)15(10-20)16(17)13-9-11(2)23-12(13)3/h5-10H,4H2,1-3H3. The van der Waals surface area contributed by atoms with E-state index in [2.05, 4.69) is 0 Å². The van der Waals surface area contributed by atoms with Crippen molar-refractivity contribution >= 4 is 29.1 Å². The van der Waals surface area contributed by atoms with Crippen LogP contribution in [-0.2, 0) is 4.74 Å². The number of aldehydes is 1. The minimum Gasteiger partial charge on any atom is -0.462 e. The van der Waals surface area contributed by atoms with Crippen molar-refractivity contribution in [1.82, 2.24) is 4.40 Å². The molecule has 118 valence electrons. The zero-order valence-electron chi connectivity index (χ0n) is 13.3. The Balaban J connectivity index is 2.43. The molecule has 23 heavy (non-hydrogen) atoms. The first-order valence-corrected chi connectivity index (χ1v) is 8.22. The molecule has 3 aromatic rings. The average Bonchev–Trinajstić information content (AvgIpc) is 3.03. The maximum Gasteiger partial charge on any atom is 0.340 e. The second-order valence-corrected chi connectivity index (χ2v) is 6.72. The summed E-state index contributed by atoms with van der Waals surface area (Å²) in [5.41, 5.74) is 3.19. The molecule has 0 amide bonds. The summed E-state index contributed by atoms with van der Waals surface area (Å²) in [5.74, 6) is -0.400. The lowest BCUT2D eigenvalue weighted by atomic mass is 10.0. The Labute approximate surface area is 138 Å². The largest absolute Gasteiger partial charge is 0.462 e. The van der Waals surface area contributed by atoms with Gasteiger partial charge in [-0.05, 0) is 44.5 Å². The molecule has 0 atom stereocenters. The summed E-state index contributed by atoms with van der Waals surface area (Å²) in [6, 6.07) is 7.54. The lowest BCUT2D eigenvalue weighted by Gasteiger charge is -2.05. The van der Waals surface area contributed by atoms with Gasteiger partial charge < -0.3 is 9.14 Å². The summed E-state index contributed by atoms with van der Waals surface area (Å²) in [5, 5.41) is 0. The molecule has 3 heterocycles. The van der Waals surface area contributed by atoms with Crippen molar-refractivity contribution < 1.29 is 14.3 Å². The Morgan fingerprint density at radius 2 is 2.13 bits per heavy atom. The number of nitrogens with zero attached hydrogens (tertiary/aromatic N) is 1. The molecule has 0 aromatic carbocycles. The Bertz CT molecular complexity index is 905. The molecule has 0 radical (unpaired) electrons. The van der Waals surface area contributed by atoms with Crippen LogP contribution in [0.25, 0.3) is 16.6 Å². The number of hydrogen-bond acceptors (Lipinski definition) is 4. The molecule has 0 aliphatic rings. The summed E-state index contributed by atoms with van der Waals surface area (Å²) in [4.78, 5) is 26.5. The normalized spacial score (nSPS) is 10.9. The highest BCUT2D eigenvalue weighted by atomic mass is 32.1. The highest BCUT2D eigenvalue weighted by Crippen LogP contribution is 2.38. The number of thiophene rings is 1.